The number of rotatable bonds is 5. The van der Waals surface area contributed by atoms with Crippen LogP contribution in [0.25, 0.3) is 33.0 Å². The Bertz CT molecular complexity index is 2790. The van der Waals surface area contributed by atoms with Crippen LogP contribution in [0.15, 0.2) is 218 Å². The molecule has 0 amide bonds. The van der Waals surface area contributed by atoms with Gasteiger partial charge in [0.05, 0.1) is 16.8 Å². The molecule has 11 rings (SSSR count). The third-order valence-electron chi connectivity index (χ3n) is 11.6. The molecule has 1 aliphatic carbocycles. The van der Waals surface area contributed by atoms with Gasteiger partial charge in [-0.25, -0.2) is 0 Å². The summed E-state index contributed by atoms with van der Waals surface area (Å²) in [5.41, 5.74) is 16.8. The van der Waals surface area contributed by atoms with Gasteiger partial charge in [-0.15, -0.1) is 0 Å². The maximum absolute atomic E-state index is 2.44. The normalized spacial score (nSPS) is 13.2. The quantitative estimate of drug-likeness (QED) is 0.176. The molecule has 9 aromatic rings. The summed E-state index contributed by atoms with van der Waals surface area (Å²) in [4.78, 5) is 4.77. The first kappa shape index (κ1) is 31.4. The molecular weight excluding hydrogens is 665 g/mol. The summed E-state index contributed by atoms with van der Waals surface area (Å²) in [6.07, 6.45) is 0. The van der Waals surface area contributed by atoms with E-state index >= 15 is 0 Å². The van der Waals surface area contributed by atoms with E-state index in [1.54, 1.807) is 0 Å². The minimum atomic E-state index is -0.482. The fourth-order valence-electron chi connectivity index (χ4n) is 9.39. The topological polar surface area (TPSA) is 6.48 Å². The van der Waals surface area contributed by atoms with Crippen molar-refractivity contribution >= 4 is 44.9 Å². The van der Waals surface area contributed by atoms with Crippen molar-refractivity contribution in [1.82, 2.24) is 0 Å². The number of anilines is 6. The van der Waals surface area contributed by atoms with Crippen LogP contribution in [0.4, 0.5) is 34.1 Å². The Morgan fingerprint density at radius 2 is 0.855 bits per heavy atom. The standard InChI is InChI=1S/C53H36N2/c1-4-17-40(18-5-1)54(41-19-6-2-7-20-41)43-34-33-37-35-39(32-31-38(37)36-43)44-24-16-28-49-52(44)45-23-10-11-25-46(45)53(49)47-26-12-14-29-50(47)55(42-21-8-3-9-22-42)51-30-15-13-27-48(51)53/h1-36H. The van der Waals surface area contributed by atoms with Crippen LogP contribution >= 0.6 is 0 Å². The van der Waals surface area contributed by atoms with Crippen molar-refractivity contribution in [2.24, 2.45) is 0 Å². The lowest BCUT2D eigenvalue weighted by atomic mass is 9.64. The third kappa shape index (κ3) is 4.68. The van der Waals surface area contributed by atoms with E-state index in [9.17, 15) is 0 Å². The van der Waals surface area contributed by atoms with Gasteiger partial charge < -0.3 is 9.80 Å². The number of nitrogens with zero attached hydrogens (tertiary/aromatic N) is 2. The molecule has 55 heavy (non-hydrogen) atoms. The molecule has 0 saturated heterocycles. The average Bonchev–Trinajstić information content (AvgIpc) is 3.56. The van der Waals surface area contributed by atoms with Crippen LogP contribution in [0, 0.1) is 0 Å². The van der Waals surface area contributed by atoms with Crippen LogP contribution in [0.2, 0.25) is 0 Å². The second-order valence-corrected chi connectivity index (χ2v) is 14.5. The highest BCUT2D eigenvalue weighted by Crippen LogP contribution is 2.64. The molecule has 0 fully saturated rings. The predicted octanol–water partition coefficient (Wildman–Crippen LogP) is 14.1. The van der Waals surface area contributed by atoms with Gasteiger partial charge in [-0.05, 0) is 122 Å². The summed E-state index contributed by atoms with van der Waals surface area (Å²) in [5, 5.41) is 2.42. The van der Waals surface area contributed by atoms with Crippen molar-refractivity contribution in [2.45, 2.75) is 5.41 Å². The number of benzene rings is 9. The number of para-hydroxylation sites is 5. The van der Waals surface area contributed by atoms with Crippen LogP contribution in [0.5, 0.6) is 0 Å². The van der Waals surface area contributed by atoms with Gasteiger partial charge in [-0.3, -0.25) is 0 Å². The van der Waals surface area contributed by atoms with Crippen LogP contribution in [-0.2, 0) is 5.41 Å². The maximum Gasteiger partial charge on any atom is 0.0754 e. The number of hydrogen-bond donors (Lipinski definition) is 0. The van der Waals surface area contributed by atoms with E-state index in [1.807, 2.05) is 0 Å². The smallest absolute Gasteiger partial charge is 0.0754 e. The molecule has 2 aliphatic rings. The van der Waals surface area contributed by atoms with Gasteiger partial charge in [-0.1, -0.05) is 152 Å². The van der Waals surface area contributed by atoms with Crippen molar-refractivity contribution in [3.05, 3.63) is 241 Å². The largest absolute Gasteiger partial charge is 0.310 e. The van der Waals surface area contributed by atoms with E-state index < -0.39 is 5.41 Å². The van der Waals surface area contributed by atoms with E-state index in [0.29, 0.717) is 0 Å². The van der Waals surface area contributed by atoms with Crippen molar-refractivity contribution in [3.63, 3.8) is 0 Å². The molecule has 0 radical (unpaired) electrons. The molecule has 1 aliphatic heterocycles. The third-order valence-corrected chi connectivity index (χ3v) is 11.6. The molecule has 2 heteroatoms. The average molecular weight is 701 g/mol. The molecule has 0 atom stereocenters. The molecule has 1 heterocycles. The fraction of sp³-hybridized carbons (Fsp3) is 0.0189. The van der Waals surface area contributed by atoms with Gasteiger partial charge in [-0.2, -0.15) is 0 Å². The highest BCUT2D eigenvalue weighted by molar-refractivity contribution is 6.01. The van der Waals surface area contributed by atoms with Crippen molar-refractivity contribution in [2.75, 3.05) is 9.80 Å². The minimum absolute atomic E-state index is 0.482. The van der Waals surface area contributed by atoms with Crippen LogP contribution < -0.4 is 9.80 Å². The molecule has 0 aromatic heterocycles. The fourth-order valence-corrected chi connectivity index (χ4v) is 9.39. The van der Waals surface area contributed by atoms with Gasteiger partial charge in [0, 0.05) is 22.7 Å². The SMILES string of the molecule is c1ccc(N(c2ccccc2)c2ccc3cc(-c4cccc5c4-c4ccccc4C54c5ccccc5N(c5ccccc5)c5ccccc54)ccc3c2)cc1. The Morgan fingerprint density at radius 1 is 0.345 bits per heavy atom. The van der Waals surface area contributed by atoms with Crippen LogP contribution in [0.1, 0.15) is 22.3 Å². The Hall–Kier alpha value is -7.16. The van der Waals surface area contributed by atoms with Crippen LogP contribution in [-0.4, -0.2) is 0 Å². The molecule has 0 bridgehead atoms. The molecule has 0 unspecified atom stereocenters. The summed E-state index contributed by atoms with van der Waals surface area (Å²) in [6.45, 7) is 0. The van der Waals surface area contributed by atoms with Gasteiger partial charge >= 0.3 is 0 Å². The van der Waals surface area contributed by atoms with E-state index in [1.165, 1.54) is 66.7 Å². The predicted molar refractivity (Wildman–Crippen MR) is 230 cm³/mol. The lowest BCUT2D eigenvalue weighted by Gasteiger charge is -2.45. The summed E-state index contributed by atoms with van der Waals surface area (Å²) >= 11 is 0. The molecule has 2 nitrogen and oxygen atoms in total. The van der Waals surface area contributed by atoms with Gasteiger partial charge in [0.25, 0.3) is 0 Å². The molecule has 1 spiro atoms. The first-order chi connectivity index (χ1) is 27.3. The van der Waals surface area contributed by atoms with Crippen molar-refractivity contribution < 1.29 is 0 Å². The Morgan fingerprint density at radius 3 is 1.53 bits per heavy atom. The Balaban J connectivity index is 1.10. The summed E-state index contributed by atoms with van der Waals surface area (Å²) in [7, 11) is 0. The maximum atomic E-state index is 2.44. The Labute approximate surface area is 321 Å². The molecule has 0 N–H and O–H groups in total. The highest BCUT2D eigenvalue weighted by atomic mass is 15.2. The monoisotopic (exact) mass is 700 g/mol. The lowest BCUT2D eigenvalue weighted by molar-refractivity contribution is 0.753. The van der Waals surface area contributed by atoms with E-state index in [0.717, 1.165) is 22.7 Å². The minimum Gasteiger partial charge on any atom is -0.310 e. The molecule has 258 valence electrons. The summed E-state index contributed by atoms with van der Waals surface area (Å²) in [6, 6.07) is 79.9. The van der Waals surface area contributed by atoms with Gasteiger partial charge in [0.1, 0.15) is 0 Å². The second kappa shape index (κ2) is 12.5. The van der Waals surface area contributed by atoms with Gasteiger partial charge in [0.2, 0.25) is 0 Å². The van der Waals surface area contributed by atoms with Crippen molar-refractivity contribution in [3.8, 4) is 22.3 Å². The first-order valence-electron chi connectivity index (χ1n) is 19.0. The molecular formula is C53H36N2. The zero-order valence-corrected chi connectivity index (χ0v) is 30.2. The summed E-state index contributed by atoms with van der Waals surface area (Å²) in [5.74, 6) is 0. The number of hydrogen-bond acceptors (Lipinski definition) is 2. The zero-order valence-electron chi connectivity index (χ0n) is 30.2. The van der Waals surface area contributed by atoms with Crippen LogP contribution in [0.3, 0.4) is 0 Å². The zero-order chi connectivity index (χ0) is 36.3. The van der Waals surface area contributed by atoms with Crippen molar-refractivity contribution in [1.29, 1.82) is 0 Å². The van der Waals surface area contributed by atoms with E-state index in [2.05, 4.69) is 228 Å². The molecule has 0 saturated carbocycles. The molecule has 9 aromatic carbocycles. The Kier molecular flexibility index (Phi) is 7.11. The summed E-state index contributed by atoms with van der Waals surface area (Å²) < 4.78 is 0. The number of fused-ring (bicyclic) bond motifs is 10. The van der Waals surface area contributed by atoms with Gasteiger partial charge in [0.15, 0.2) is 0 Å². The van der Waals surface area contributed by atoms with E-state index in [-0.39, 0.29) is 0 Å². The lowest BCUT2D eigenvalue weighted by Crippen LogP contribution is -2.36. The first-order valence-corrected chi connectivity index (χ1v) is 19.0. The van der Waals surface area contributed by atoms with E-state index in [4.69, 9.17) is 0 Å². The second-order valence-electron chi connectivity index (χ2n) is 14.5. The highest BCUT2D eigenvalue weighted by Gasteiger charge is 2.52.